The van der Waals surface area contributed by atoms with Crippen LogP contribution in [-0.2, 0) is 12.7 Å². The normalized spacial score (nSPS) is 14.6. The van der Waals surface area contributed by atoms with Gasteiger partial charge in [0.25, 0.3) is 0 Å². The number of benzene rings is 2. The van der Waals surface area contributed by atoms with Crippen LogP contribution in [0.1, 0.15) is 42.3 Å². The van der Waals surface area contributed by atoms with Crippen molar-refractivity contribution in [3.05, 3.63) is 70.8 Å². The average molecular weight is 494 g/mol. The quantitative estimate of drug-likeness (QED) is 0.328. The maximum absolute atomic E-state index is 14.0. The van der Waals surface area contributed by atoms with Crippen LogP contribution in [0, 0.1) is 30.0 Å². The molecule has 1 aliphatic rings. The highest BCUT2D eigenvalue weighted by Gasteiger charge is 2.34. The lowest BCUT2D eigenvalue weighted by atomic mass is 10.1. The molecular weight excluding hydrogens is 472 g/mol. The summed E-state index contributed by atoms with van der Waals surface area (Å²) >= 11 is 0. The molecule has 1 unspecified atom stereocenters. The summed E-state index contributed by atoms with van der Waals surface area (Å²) in [5, 5.41) is 12.9. The van der Waals surface area contributed by atoms with Gasteiger partial charge in [-0.25, -0.2) is 9.37 Å². The fourth-order valence-corrected chi connectivity index (χ4v) is 4.35. The molecule has 1 fully saturated rings. The molecule has 0 aliphatic heterocycles. The highest BCUT2D eigenvalue weighted by molar-refractivity contribution is 5.87. The third-order valence-electron chi connectivity index (χ3n) is 6.35. The maximum atomic E-state index is 14.0. The van der Waals surface area contributed by atoms with Crippen molar-refractivity contribution >= 4 is 17.0 Å². The Morgan fingerprint density at radius 3 is 2.58 bits per heavy atom. The van der Waals surface area contributed by atoms with Gasteiger partial charge >= 0.3 is 6.18 Å². The van der Waals surface area contributed by atoms with Crippen LogP contribution in [0.3, 0.4) is 0 Å². The summed E-state index contributed by atoms with van der Waals surface area (Å²) in [5.41, 5.74) is 1.33. The lowest BCUT2D eigenvalue weighted by molar-refractivity contribution is -0.140. The van der Waals surface area contributed by atoms with Crippen LogP contribution in [0.2, 0.25) is 0 Å². The Morgan fingerprint density at radius 1 is 1.14 bits per heavy atom. The predicted octanol–water partition coefficient (Wildman–Crippen LogP) is 6.09. The van der Waals surface area contributed by atoms with Crippen LogP contribution >= 0.6 is 0 Å². The minimum absolute atomic E-state index is 0.0368. The van der Waals surface area contributed by atoms with E-state index in [0.717, 1.165) is 36.1 Å². The highest BCUT2D eigenvalue weighted by atomic mass is 19.4. The van der Waals surface area contributed by atoms with Crippen LogP contribution in [-0.4, -0.2) is 25.6 Å². The van der Waals surface area contributed by atoms with Gasteiger partial charge in [0.1, 0.15) is 23.2 Å². The summed E-state index contributed by atoms with van der Waals surface area (Å²) in [6.45, 7) is 3.91. The van der Waals surface area contributed by atoms with Gasteiger partial charge in [-0.2, -0.15) is 28.4 Å². The number of alkyl halides is 3. The van der Waals surface area contributed by atoms with Gasteiger partial charge in [-0.1, -0.05) is 29.8 Å². The first-order valence-corrected chi connectivity index (χ1v) is 11.5. The molecule has 0 amide bonds. The first kappa shape index (κ1) is 23.7. The fraction of sp³-hybridized carbons (Fsp3) is 0.308. The maximum Gasteiger partial charge on any atom is 0.419 e. The van der Waals surface area contributed by atoms with Crippen molar-refractivity contribution in [2.24, 2.45) is 5.92 Å². The molecule has 0 saturated heterocycles. The second-order valence-electron chi connectivity index (χ2n) is 9.15. The zero-order valence-electron chi connectivity index (χ0n) is 19.6. The van der Waals surface area contributed by atoms with Gasteiger partial charge < -0.3 is 9.88 Å². The van der Waals surface area contributed by atoms with E-state index in [1.165, 1.54) is 6.07 Å². The Kier molecular flexibility index (Phi) is 5.86. The van der Waals surface area contributed by atoms with E-state index >= 15 is 0 Å². The number of fused-ring (bicyclic) bond motifs is 1. The smallest absolute Gasteiger partial charge is 0.365 e. The highest BCUT2D eigenvalue weighted by Crippen LogP contribution is 2.36. The van der Waals surface area contributed by atoms with Gasteiger partial charge in [0.15, 0.2) is 11.5 Å². The van der Waals surface area contributed by atoms with Gasteiger partial charge in [-0.15, -0.1) is 0 Å². The van der Waals surface area contributed by atoms with Crippen LogP contribution in [0.15, 0.2) is 42.5 Å². The molecule has 0 spiro atoms. The van der Waals surface area contributed by atoms with Crippen molar-refractivity contribution < 1.29 is 17.6 Å². The summed E-state index contributed by atoms with van der Waals surface area (Å²) in [5.74, 6) is -0.0731. The molecule has 1 N–H and O–H groups in total. The molecule has 4 aromatic rings. The number of nitrogens with zero attached hydrogens (tertiary/aromatic N) is 5. The number of aromatic nitrogens is 4. The molecule has 0 radical (unpaired) electrons. The molecule has 6 nitrogen and oxygen atoms in total. The number of hydrogen-bond acceptors (Lipinski definition) is 5. The van der Waals surface area contributed by atoms with Gasteiger partial charge in [0.2, 0.25) is 5.82 Å². The van der Waals surface area contributed by atoms with Crippen molar-refractivity contribution in [3.8, 4) is 17.5 Å². The van der Waals surface area contributed by atoms with E-state index in [0.29, 0.717) is 23.1 Å². The second kappa shape index (κ2) is 8.90. The first-order chi connectivity index (χ1) is 17.1. The van der Waals surface area contributed by atoms with E-state index in [2.05, 4.69) is 20.3 Å². The second-order valence-corrected chi connectivity index (χ2v) is 9.15. The number of aryl methyl sites for hydroxylation is 1. The molecule has 5 rings (SSSR count). The molecule has 10 heteroatoms. The largest absolute Gasteiger partial charge is 0.419 e. The first-order valence-electron chi connectivity index (χ1n) is 11.5. The SMILES string of the molecule is Cc1cccc(-c2nc3nc(C#N)nc(NC(C)C4CC4)c3n2Cc2ccc(F)c(C(F)(F)F)c2)c1. The number of anilines is 1. The Balaban J connectivity index is 1.72. The van der Waals surface area contributed by atoms with E-state index in [4.69, 9.17) is 0 Å². The van der Waals surface area contributed by atoms with Crippen LogP contribution in [0.25, 0.3) is 22.6 Å². The van der Waals surface area contributed by atoms with Gasteiger partial charge in [-0.3, -0.25) is 0 Å². The zero-order chi connectivity index (χ0) is 25.6. The van der Waals surface area contributed by atoms with Crippen molar-refractivity contribution in [2.45, 2.75) is 45.5 Å². The number of hydrogen-bond donors (Lipinski definition) is 1. The Bertz CT molecular complexity index is 1500. The van der Waals surface area contributed by atoms with Crippen LogP contribution < -0.4 is 5.32 Å². The number of imidazole rings is 1. The van der Waals surface area contributed by atoms with E-state index in [9.17, 15) is 22.8 Å². The zero-order valence-corrected chi connectivity index (χ0v) is 19.6. The standard InChI is InChI=1S/C26H22F4N6/c1-14-4-3-5-18(10-14)25-35-24-22(23(33-21(12-31)34-24)32-15(2)17-7-8-17)36(25)13-16-6-9-20(27)19(11-16)26(28,29)30/h3-6,9-11,15,17H,7-8,13H2,1-2H3,(H,32,33,34). The molecule has 1 aliphatic carbocycles. The third-order valence-corrected chi connectivity index (χ3v) is 6.35. The third kappa shape index (κ3) is 4.61. The van der Waals surface area contributed by atoms with Crippen molar-refractivity contribution in [1.82, 2.24) is 19.5 Å². The number of halogens is 4. The minimum atomic E-state index is -4.83. The van der Waals surface area contributed by atoms with Crippen LogP contribution in [0.5, 0.6) is 0 Å². The summed E-state index contributed by atoms with van der Waals surface area (Å²) in [6, 6.07) is 12.5. The summed E-state index contributed by atoms with van der Waals surface area (Å²) in [7, 11) is 0. The molecule has 1 atom stereocenters. The number of rotatable bonds is 6. The topological polar surface area (TPSA) is 79.4 Å². The van der Waals surface area contributed by atoms with E-state index in [-0.39, 0.29) is 29.6 Å². The lowest BCUT2D eigenvalue weighted by Gasteiger charge is -2.17. The van der Waals surface area contributed by atoms with Crippen LogP contribution in [0.4, 0.5) is 23.4 Å². The van der Waals surface area contributed by atoms with Crippen molar-refractivity contribution in [3.63, 3.8) is 0 Å². The average Bonchev–Trinajstić information content (AvgIpc) is 3.62. The number of nitriles is 1. The Morgan fingerprint density at radius 2 is 1.92 bits per heavy atom. The van der Waals surface area contributed by atoms with Gasteiger partial charge in [0, 0.05) is 18.2 Å². The van der Waals surface area contributed by atoms with Crippen molar-refractivity contribution in [1.29, 1.82) is 5.26 Å². The molecule has 184 valence electrons. The minimum Gasteiger partial charge on any atom is -0.365 e. The molecule has 2 aromatic heterocycles. The molecule has 36 heavy (non-hydrogen) atoms. The van der Waals surface area contributed by atoms with E-state index in [1.54, 1.807) is 4.57 Å². The number of nitrogens with one attached hydrogen (secondary N) is 1. The summed E-state index contributed by atoms with van der Waals surface area (Å²) < 4.78 is 55.9. The monoisotopic (exact) mass is 494 g/mol. The van der Waals surface area contributed by atoms with Crippen molar-refractivity contribution in [2.75, 3.05) is 5.32 Å². The molecule has 1 saturated carbocycles. The van der Waals surface area contributed by atoms with Gasteiger partial charge in [-0.05, 0) is 56.4 Å². The summed E-state index contributed by atoms with van der Waals surface area (Å²) in [6.07, 6.45) is -2.66. The Hall–Kier alpha value is -4.00. The Labute approximate surface area is 204 Å². The van der Waals surface area contributed by atoms with Gasteiger partial charge in [0.05, 0.1) is 5.56 Å². The summed E-state index contributed by atoms with van der Waals surface area (Å²) in [4.78, 5) is 13.3. The molecule has 2 heterocycles. The predicted molar refractivity (Wildman–Crippen MR) is 127 cm³/mol. The molecule has 2 aromatic carbocycles. The lowest BCUT2D eigenvalue weighted by Crippen LogP contribution is -2.19. The molecular formula is C26H22F4N6. The van der Waals surface area contributed by atoms with E-state index < -0.39 is 17.6 Å². The fourth-order valence-electron chi connectivity index (χ4n) is 4.35. The van der Waals surface area contributed by atoms with E-state index in [1.807, 2.05) is 44.2 Å². The molecule has 0 bridgehead atoms.